The summed E-state index contributed by atoms with van der Waals surface area (Å²) >= 11 is 0. The number of primary sulfonamides is 2. The van der Waals surface area contributed by atoms with Gasteiger partial charge in [-0.1, -0.05) is 24.3 Å². The molecule has 0 bridgehead atoms. The van der Waals surface area contributed by atoms with E-state index in [1.54, 1.807) is 0 Å². The summed E-state index contributed by atoms with van der Waals surface area (Å²) in [5, 5.41) is 19.4. The largest absolute Gasteiger partial charge is 0.478 e. The number of benzene rings is 2. The first-order valence-electron chi connectivity index (χ1n) is 5.38. The van der Waals surface area contributed by atoms with Gasteiger partial charge in [-0.15, -0.1) is 0 Å². The van der Waals surface area contributed by atoms with E-state index < -0.39 is 41.4 Å². The van der Waals surface area contributed by atoms with Crippen LogP contribution in [-0.4, -0.2) is 27.9 Å². The van der Waals surface area contributed by atoms with E-state index in [0.717, 1.165) is 6.07 Å². The van der Waals surface area contributed by atoms with Gasteiger partial charge < -0.3 is 5.11 Å². The quantitative estimate of drug-likeness (QED) is 0.709. The van der Waals surface area contributed by atoms with Gasteiger partial charge in [0.05, 0.1) is 4.90 Å². The van der Waals surface area contributed by atoms with Crippen LogP contribution in [-0.2, 0) is 20.0 Å². The van der Waals surface area contributed by atoms with E-state index in [0.29, 0.717) is 0 Å². The Kier molecular flexibility index (Phi) is 3.49. The molecular weight excluding hydrogens is 320 g/mol. The van der Waals surface area contributed by atoms with Gasteiger partial charge in [-0.2, -0.15) is 0 Å². The Bertz CT molecular complexity index is 964. The molecule has 0 aliphatic heterocycles. The number of hydrogen-bond acceptors (Lipinski definition) is 5. The summed E-state index contributed by atoms with van der Waals surface area (Å²) in [4.78, 5) is 9.75. The molecule has 0 saturated carbocycles. The molecule has 2 rings (SSSR count). The molecule has 0 radical (unpaired) electrons. The summed E-state index contributed by atoms with van der Waals surface area (Å²) < 4.78 is 46.6. The highest BCUT2D eigenvalue weighted by Crippen LogP contribution is 2.31. The Labute approximate surface area is 120 Å². The maximum Gasteiger partial charge on any atom is 0.338 e. The van der Waals surface area contributed by atoms with Crippen molar-refractivity contribution in [2.75, 3.05) is 0 Å². The van der Waals surface area contributed by atoms with Crippen LogP contribution in [0, 0.1) is 0 Å². The van der Waals surface area contributed by atoms with E-state index in [9.17, 15) is 26.7 Å². The normalized spacial score (nSPS) is 12.5. The first-order valence-corrected chi connectivity index (χ1v) is 8.47. The monoisotopic (exact) mass is 330 g/mol. The van der Waals surface area contributed by atoms with Crippen molar-refractivity contribution in [3.63, 3.8) is 0 Å². The maximum absolute atomic E-state index is 11.7. The number of carboxylic acid groups (broad SMARTS) is 1. The molecule has 0 unspecified atom stereocenters. The summed E-state index contributed by atoms with van der Waals surface area (Å²) in [5.41, 5.74) is -0.960. The van der Waals surface area contributed by atoms with Crippen molar-refractivity contribution in [2.45, 2.75) is 9.79 Å². The summed E-state index contributed by atoms with van der Waals surface area (Å²) in [6, 6.07) is 6.75. The standard InChI is InChI=1S/C11H10N2O6S2/c12-20(16,17)8-5-6-3-1-2-4-7(6)10(21(13,18)19)9(8)11(14)15/h1-5H,(H,14,15)(H2,12,16,17)(H2,13,18,19). The van der Waals surface area contributed by atoms with Crippen LogP contribution in [0.4, 0.5) is 0 Å². The molecule has 0 aliphatic carbocycles. The number of rotatable bonds is 3. The Morgan fingerprint density at radius 1 is 1.00 bits per heavy atom. The van der Waals surface area contributed by atoms with E-state index in [4.69, 9.17) is 10.3 Å². The molecule has 0 spiro atoms. The van der Waals surface area contributed by atoms with Gasteiger partial charge in [0.2, 0.25) is 20.0 Å². The molecule has 0 atom stereocenters. The number of hydrogen-bond donors (Lipinski definition) is 3. The first-order chi connectivity index (χ1) is 9.53. The zero-order chi connectivity index (χ0) is 16.0. The molecule has 2 aromatic rings. The van der Waals surface area contributed by atoms with E-state index in [1.165, 1.54) is 24.3 Å². The van der Waals surface area contributed by atoms with Gasteiger partial charge in [0, 0.05) is 5.39 Å². The Morgan fingerprint density at radius 2 is 1.57 bits per heavy atom. The lowest BCUT2D eigenvalue weighted by Crippen LogP contribution is -2.23. The zero-order valence-electron chi connectivity index (χ0n) is 10.3. The van der Waals surface area contributed by atoms with Gasteiger partial charge in [-0.05, 0) is 11.5 Å². The number of nitrogens with two attached hydrogens (primary N) is 2. The molecule has 0 amide bonds. The minimum absolute atomic E-state index is 0.00444. The molecule has 8 nitrogen and oxygen atoms in total. The molecular formula is C11H10N2O6S2. The molecule has 10 heteroatoms. The zero-order valence-corrected chi connectivity index (χ0v) is 12.0. The third-order valence-corrected chi connectivity index (χ3v) is 4.70. The van der Waals surface area contributed by atoms with Gasteiger partial charge in [0.1, 0.15) is 10.5 Å². The van der Waals surface area contributed by atoms with Crippen LogP contribution in [0.2, 0.25) is 0 Å². The summed E-state index contributed by atoms with van der Waals surface area (Å²) in [6.45, 7) is 0. The summed E-state index contributed by atoms with van der Waals surface area (Å²) in [7, 11) is -8.94. The minimum Gasteiger partial charge on any atom is -0.478 e. The van der Waals surface area contributed by atoms with E-state index in [2.05, 4.69) is 0 Å². The smallest absolute Gasteiger partial charge is 0.338 e. The molecule has 0 aliphatic rings. The predicted octanol–water partition coefficient (Wildman–Crippen LogP) is -0.167. The van der Waals surface area contributed by atoms with Crippen molar-refractivity contribution in [2.24, 2.45) is 10.3 Å². The van der Waals surface area contributed by atoms with Gasteiger partial charge in [-0.25, -0.2) is 31.9 Å². The molecule has 112 valence electrons. The topological polar surface area (TPSA) is 158 Å². The van der Waals surface area contributed by atoms with Crippen molar-refractivity contribution in [1.29, 1.82) is 0 Å². The van der Waals surface area contributed by atoms with E-state index >= 15 is 0 Å². The van der Waals surface area contributed by atoms with Crippen LogP contribution in [0.1, 0.15) is 10.4 Å². The lowest BCUT2D eigenvalue weighted by atomic mass is 10.1. The third kappa shape index (κ3) is 2.74. The van der Waals surface area contributed by atoms with Crippen LogP contribution < -0.4 is 10.3 Å². The fourth-order valence-electron chi connectivity index (χ4n) is 2.01. The van der Waals surface area contributed by atoms with Crippen molar-refractivity contribution < 1.29 is 26.7 Å². The van der Waals surface area contributed by atoms with Crippen molar-refractivity contribution in [1.82, 2.24) is 0 Å². The molecule has 0 saturated heterocycles. The van der Waals surface area contributed by atoms with Crippen molar-refractivity contribution in [3.05, 3.63) is 35.9 Å². The highest BCUT2D eigenvalue weighted by molar-refractivity contribution is 7.90. The Morgan fingerprint density at radius 3 is 2.05 bits per heavy atom. The van der Waals surface area contributed by atoms with Crippen LogP contribution in [0.5, 0.6) is 0 Å². The van der Waals surface area contributed by atoms with Crippen LogP contribution >= 0.6 is 0 Å². The molecule has 2 aromatic carbocycles. The van der Waals surface area contributed by atoms with Gasteiger partial charge >= 0.3 is 5.97 Å². The number of fused-ring (bicyclic) bond motifs is 1. The van der Waals surface area contributed by atoms with Crippen LogP contribution in [0.25, 0.3) is 10.8 Å². The Hall–Kier alpha value is -2.01. The molecule has 5 N–H and O–H groups in total. The number of carboxylic acids is 1. The minimum atomic E-state index is -4.49. The molecule has 21 heavy (non-hydrogen) atoms. The average Bonchev–Trinajstić information content (AvgIpc) is 2.33. The van der Waals surface area contributed by atoms with Gasteiger partial charge in [-0.3, -0.25) is 0 Å². The highest BCUT2D eigenvalue weighted by Gasteiger charge is 2.30. The fraction of sp³-hybridized carbons (Fsp3) is 0. The Balaban J connectivity index is 3.22. The first kappa shape index (κ1) is 15.4. The van der Waals surface area contributed by atoms with E-state index in [-0.39, 0.29) is 10.8 Å². The number of sulfonamides is 2. The second-order valence-electron chi connectivity index (χ2n) is 4.20. The summed E-state index contributed by atoms with van der Waals surface area (Å²) in [5.74, 6) is -1.76. The van der Waals surface area contributed by atoms with Crippen LogP contribution in [0.3, 0.4) is 0 Å². The van der Waals surface area contributed by atoms with Crippen molar-refractivity contribution >= 4 is 36.8 Å². The lowest BCUT2D eigenvalue weighted by Gasteiger charge is -2.12. The van der Waals surface area contributed by atoms with E-state index in [1.807, 2.05) is 0 Å². The van der Waals surface area contributed by atoms with Gasteiger partial charge in [0.15, 0.2) is 0 Å². The summed E-state index contributed by atoms with van der Waals surface area (Å²) in [6.07, 6.45) is 0. The lowest BCUT2D eigenvalue weighted by molar-refractivity contribution is 0.0688. The highest BCUT2D eigenvalue weighted by atomic mass is 32.2. The van der Waals surface area contributed by atoms with Crippen LogP contribution in [0.15, 0.2) is 40.1 Å². The molecule has 0 heterocycles. The average molecular weight is 330 g/mol. The second-order valence-corrected chi connectivity index (χ2v) is 7.22. The number of carbonyl (C=O) groups is 1. The SMILES string of the molecule is NS(=O)(=O)c1cc2ccccc2c(S(N)(=O)=O)c1C(=O)O. The number of aromatic carboxylic acids is 1. The fourth-order valence-corrected chi connectivity index (χ4v) is 3.82. The second kappa shape index (κ2) is 4.77. The molecule has 0 aromatic heterocycles. The maximum atomic E-state index is 11.7. The van der Waals surface area contributed by atoms with Gasteiger partial charge in [0.25, 0.3) is 0 Å². The molecule has 0 fully saturated rings. The third-order valence-electron chi connectivity index (χ3n) is 2.77. The van der Waals surface area contributed by atoms with Crippen molar-refractivity contribution in [3.8, 4) is 0 Å². The predicted molar refractivity (Wildman–Crippen MR) is 73.7 cm³/mol.